The van der Waals surface area contributed by atoms with Gasteiger partial charge in [0, 0.05) is 55.4 Å². The summed E-state index contributed by atoms with van der Waals surface area (Å²) >= 11 is 1.68. The molecule has 0 spiro atoms. The van der Waals surface area contributed by atoms with Crippen LogP contribution in [0.3, 0.4) is 0 Å². The van der Waals surface area contributed by atoms with E-state index in [2.05, 4.69) is 23.2 Å². The molecule has 0 aromatic carbocycles. The number of aliphatic hydroxyl groups is 1. The largest absolute Gasteiger partial charge is 0.388 e. The van der Waals surface area contributed by atoms with E-state index >= 15 is 0 Å². The molecular formula is C21H33N3O3S. The van der Waals surface area contributed by atoms with Crippen LogP contribution in [-0.2, 0) is 16.0 Å². The summed E-state index contributed by atoms with van der Waals surface area (Å²) in [4.78, 5) is 30.4. The van der Waals surface area contributed by atoms with Gasteiger partial charge >= 0.3 is 0 Å². The molecule has 2 aliphatic heterocycles. The second kappa shape index (κ2) is 9.37. The first-order valence-corrected chi connectivity index (χ1v) is 11.2. The van der Waals surface area contributed by atoms with Crippen molar-refractivity contribution in [3.8, 4) is 0 Å². The fourth-order valence-corrected chi connectivity index (χ4v) is 5.25. The fourth-order valence-electron chi connectivity index (χ4n) is 4.37. The number of thiophene rings is 1. The minimum atomic E-state index is -0.727. The van der Waals surface area contributed by atoms with E-state index in [1.807, 2.05) is 11.0 Å². The number of aryl methyl sites for hydroxylation is 1. The standard InChI is InChI=1S/C21H33N3O3S/c1-16-4-5-19(28-16)14-20(26)24-10-3-8-21(27,9-13-24)15-23-11-6-18(7-12-23)22-17(2)25/h4-5,18,27H,3,6-15H2,1-2H3,(H,22,25). The second-order valence-electron chi connectivity index (χ2n) is 8.40. The highest BCUT2D eigenvalue weighted by atomic mass is 32.1. The normalized spacial score (nSPS) is 24.8. The lowest BCUT2D eigenvalue weighted by molar-refractivity contribution is -0.130. The number of rotatable bonds is 5. The van der Waals surface area contributed by atoms with Crippen molar-refractivity contribution < 1.29 is 14.7 Å². The van der Waals surface area contributed by atoms with Gasteiger partial charge in [0.1, 0.15) is 0 Å². The van der Waals surface area contributed by atoms with Crippen LogP contribution in [0.1, 0.15) is 48.8 Å². The van der Waals surface area contributed by atoms with E-state index in [1.54, 1.807) is 18.3 Å². The number of nitrogens with zero attached hydrogens (tertiary/aromatic N) is 2. The Balaban J connectivity index is 1.47. The molecule has 28 heavy (non-hydrogen) atoms. The molecule has 1 aromatic heterocycles. The molecule has 0 bridgehead atoms. The van der Waals surface area contributed by atoms with Gasteiger partial charge in [-0.2, -0.15) is 0 Å². The average Bonchev–Trinajstić information content (AvgIpc) is 2.93. The smallest absolute Gasteiger partial charge is 0.227 e. The number of likely N-dealkylation sites (tertiary alicyclic amines) is 2. The first-order chi connectivity index (χ1) is 13.3. The van der Waals surface area contributed by atoms with Crippen LogP contribution >= 0.6 is 11.3 Å². The van der Waals surface area contributed by atoms with Crippen molar-refractivity contribution >= 4 is 23.2 Å². The Hall–Kier alpha value is -1.44. The zero-order chi connectivity index (χ0) is 20.1. The molecule has 0 radical (unpaired) electrons. The molecule has 1 aromatic rings. The fraction of sp³-hybridized carbons (Fsp3) is 0.714. The van der Waals surface area contributed by atoms with E-state index in [0.717, 1.165) is 50.2 Å². The maximum atomic E-state index is 12.7. The number of hydrogen-bond acceptors (Lipinski definition) is 5. The highest BCUT2D eigenvalue weighted by Gasteiger charge is 2.34. The monoisotopic (exact) mass is 407 g/mol. The van der Waals surface area contributed by atoms with Gasteiger partial charge in [0.25, 0.3) is 0 Å². The van der Waals surface area contributed by atoms with Crippen LogP contribution in [0.25, 0.3) is 0 Å². The summed E-state index contributed by atoms with van der Waals surface area (Å²) in [5.74, 6) is 0.200. The predicted molar refractivity (Wildman–Crippen MR) is 111 cm³/mol. The van der Waals surface area contributed by atoms with Gasteiger partial charge in [0.2, 0.25) is 11.8 Å². The van der Waals surface area contributed by atoms with Crippen LogP contribution in [0.4, 0.5) is 0 Å². The van der Waals surface area contributed by atoms with E-state index in [-0.39, 0.29) is 17.9 Å². The van der Waals surface area contributed by atoms with Gasteiger partial charge in [-0.25, -0.2) is 0 Å². The van der Waals surface area contributed by atoms with Crippen LogP contribution in [0.2, 0.25) is 0 Å². The van der Waals surface area contributed by atoms with Gasteiger partial charge in [-0.1, -0.05) is 0 Å². The minimum absolute atomic E-state index is 0.0308. The van der Waals surface area contributed by atoms with Crippen molar-refractivity contribution in [1.29, 1.82) is 0 Å². The van der Waals surface area contributed by atoms with Crippen molar-refractivity contribution in [1.82, 2.24) is 15.1 Å². The summed E-state index contributed by atoms with van der Waals surface area (Å²) in [5.41, 5.74) is -0.727. The Kier molecular flexibility index (Phi) is 7.12. The molecule has 0 aliphatic carbocycles. The van der Waals surface area contributed by atoms with Crippen molar-refractivity contribution in [2.45, 2.75) is 64.0 Å². The van der Waals surface area contributed by atoms with Crippen LogP contribution < -0.4 is 5.32 Å². The molecule has 156 valence electrons. The zero-order valence-electron chi connectivity index (χ0n) is 17.1. The van der Waals surface area contributed by atoms with Crippen molar-refractivity contribution in [2.24, 2.45) is 0 Å². The third-order valence-corrected chi connectivity index (χ3v) is 6.90. The van der Waals surface area contributed by atoms with E-state index < -0.39 is 5.60 Å². The van der Waals surface area contributed by atoms with Gasteiger partial charge < -0.3 is 20.2 Å². The molecule has 0 saturated carbocycles. The van der Waals surface area contributed by atoms with Gasteiger partial charge in [-0.3, -0.25) is 9.59 Å². The zero-order valence-corrected chi connectivity index (χ0v) is 17.9. The highest BCUT2D eigenvalue weighted by Crippen LogP contribution is 2.26. The number of amides is 2. The molecule has 2 N–H and O–H groups in total. The Morgan fingerprint density at radius 2 is 1.96 bits per heavy atom. The molecule has 3 rings (SSSR count). The van der Waals surface area contributed by atoms with E-state index in [0.29, 0.717) is 25.9 Å². The highest BCUT2D eigenvalue weighted by molar-refractivity contribution is 7.12. The third-order valence-electron chi connectivity index (χ3n) is 5.90. The number of carbonyl (C=O) groups excluding carboxylic acids is 2. The quantitative estimate of drug-likeness (QED) is 0.782. The van der Waals surface area contributed by atoms with Crippen molar-refractivity contribution in [3.63, 3.8) is 0 Å². The summed E-state index contributed by atoms with van der Waals surface area (Å²) in [5, 5.41) is 14.2. The SMILES string of the molecule is CC(=O)NC1CCN(CC2(O)CCCN(C(=O)Cc3ccc(C)s3)CC2)CC1. The molecular weight excluding hydrogens is 374 g/mol. The topological polar surface area (TPSA) is 72.9 Å². The second-order valence-corrected chi connectivity index (χ2v) is 9.77. The molecule has 2 saturated heterocycles. The average molecular weight is 408 g/mol. The summed E-state index contributed by atoms with van der Waals surface area (Å²) in [6.45, 7) is 7.43. The summed E-state index contributed by atoms with van der Waals surface area (Å²) in [6, 6.07) is 4.35. The molecule has 3 heterocycles. The molecule has 2 aliphatic rings. The van der Waals surface area contributed by atoms with Gasteiger partial charge in [0.15, 0.2) is 0 Å². The van der Waals surface area contributed by atoms with Crippen LogP contribution in [0.15, 0.2) is 12.1 Å². The molecule has 1 atom stereocenters. The van der Waals surface area contributed by atoms with E-state index in [4.69, 9.17) is 0 Å². The number of hydrogen-bond donors (Lipinski definition) is 2. The Bertz CT molecular complexity index is 684. The first-order valence-electron chi connectivity index (χ1n) is 10.4. The number of nitrogens with one attached hydrogen (secondary N) is 1. The number of piperidine rings is 1. The van der Waals surface area contributed by atoms with Gasteiger partial charge in [0.05, 0.1) is 12.0 Å². The third kappa shape index (κ3) is 6.03. The lowest BCUT2D eigenvalue weighted by atomic mass is 9.93. The first kappa shape index (κ1) is 21.3. The van der Waals surface area contributed by atoms with Crippen LogP contribution in [-0.4, -0.2) is 71.1 Å². The Labute approximate surface area is 171 Å². The van der Waals surface area contributed by atoms with Crippen LogP contribution in [0.5, 0.6) is 0 Å². The number of carbonyl (C=O) groups is 2. The summed E-state index contributed by atoms with van der Waals surface area (Å²) < 4.78 is 0. The van der Waals surface area contributed by atoms with Crippen molar-refractivity contribution in [2.75, 3.05) is 32.7 Å². The summed E-state index contributed by atoms with van der Waals surface area (Å²) in [7, 11) is 0. The summed E-state index contributed by atoms with van der Waals surface area (Å²) in [6.07, 6.45) is 4.54. The molecule has 2 amide bonds. The maximum absolute atomic E-state index is 12.7. The van der Waals surface area contributed by atoms with Crippen molar-refractivity contribution in [3.05, 3.63) is 21.9 Å². The van der Waals surface area contributed by atoms with Gasteiger partial charge in [-0.15, -0.1) is 11.3 Å². The van der Waals surface area contributed by atoms with Gasteiger partial charge in [-0.05, 0) is 51.2 Å². The molecule has 7 heteroatoms. The predicted octanol–water partition coefficient (Wildman–Crippen LogP) is 1.94. The number of β-amino-alcohol motifs (C(OH)–C–C–N with tert-alkyl or cyclic N) is 1. The lowest BCUT2D eigenvalue weighted by Gasteiger charge is -2.38. The Morgan fingerprint density at radius 3 is 2.61 bits per heavy atom. The van der Waals surface area contributed by atoms with E-state index in [1.165, 1.54) is 4.88 Å². The molecule has 2 fully saturated rings. The van der Waals surface area contributed by atoms with E-state index in [9.17, 15) is 14.7 Å². The van der Waals surface area contributed by atoms with Crippen LogP contribution in [0, 0.1) is 6.92 Å². The molecule has 1 unspecified atom stereocenters. The lowest BCUT2D eigenvalue weighted by Crippen LogP contribution is -2.50. The maximum Gasteiger partial charge on any atom is 0.227 e. The molecule has 6 nitrogen and oxygen atoms in total. The minimum Gasteiger partial charge on any atom is -0.388 e. The Morgan fingerprint density at radius 1 is 1.21 bits per heavy atom.